The van der Waals surface area contributed by atoms with Crippen LogP contribution in [0.1, 0.15) is 5.56 Å². The van der Waals surface area contributed by atoms with Crippen molar-refractivity contribution < 1.29 is 9.50 Å². The Hall–Kier alpha value is -0.640. The third-order valence-corrected chi connectivity index (χ3v) is 2.04. The zero-order valence-corrected chi connectivity index (χ0v) is 7.76. The Morgan fingerprint density at radius 3 is 2.85 bits per heavy atom. The second-order valence-electron chi connectivity index (χ2n) is 2.86. The molecule has 0 saturated heterocycles. The van der Waals surface area contributed by atoms with Crippen LogP contribution < -0.4 is 5.73 Å². The number of hydrogen-bond acceptors (Lipinski definition) is 2. The van der Waals surface area contributed by atoms with Crippen molar-refractivity contribution >= 4 is 11.6 Å². The largest absolute Gasteiger partial charge is 0.395 e. The quantitative estimate of drug-likeness (QED) is 0.779. The Morgan fingerprint density at radius 1 is 1.54 bits per heavy atom. The minimum atomic E-state index is -0.451. The van der Waals surface area contributed by atoms with Gasteiger partial charge in [-0.3, -0.25) is 0 Å². The van der Waals surface area contributed by atoms with Crippen LogP contribution in [-0.4, -0.2) is 17.8 Å². The van der Waals surface area contributed by atoms with E-state index in [1.165, 1.54) is 6.07 Å². The lowest BCUT2D eigenvalue weighted by Gasteiger charge is -2.09. The summed E-state index contributed by atoms with van der Waals surface area (Å²) in [6, 6.07) is 4.31. The van der Waals surface area contributed by atoms with Crippen molar-refractivity contribution in [2.45, 2.75) is 12.5 Å². The molecular weight excluding hydrogens is 193 g/mol. The lowest BCUT2D eigenvalue weighted by atomic mass is 10.1. The van der Waals surface area contributed by atoms with Crippen LogP contribution >= 0.6 is 11.6 Å². The second-order valence-corrected chi connectivity index (χ2v) is 3.27. The van der Waals surface area contributed by atoms with Gasteiger partial charge in [-0.15, -0.1) is 0 Å². The van der Waals surface area contributed by atoms with E-state index < -0.39 is 11.9 Å². The highest BCUT2D eigenvalue weighted by molar-refractivity contribution is 6.30. The second kappa shape index (κ2) is 4.56. The van der Waals surface area contributed by atoms with Crippen LogP contribution in [0.25, 0.3) is 0 Å². The smallest absolute Gasteiger partial charge is 0.145 e. The molecule has 0 bridgehead atoms. The standard InChI is InChI=1S/C9H11ClFNO/c10-8-3-1-2-6(9(8)11)4-7(12)5-13/h1-3,7,13H,4-5,12H2. The van der Waals surface area contributed by atoms with Gasteiger partial charge in [0.1, 0.15) is 5.82 Å². The molecule has 13 heavy (non-hydrogen) atoms. The first-order valence-corrected chi connectivity index (χ1v) is 4.32. The lowest BCUT2D eigenvalue weighted by Crippen LogP contribution is -2.27. The normalized spacial score (nSPS) is 12.9. The summed E-state index contributed by atoms with van der Waals surface area (Å²) in [7, 11) is 0. The third-order valence-electron chi connectivity index (χ3n) is 1.75. The summed E-state index contributed by atoms with van der Waals surface area (Å²) in [5.74, 6) is -0.451. The van der Waals surface area contributed by atoms with Gasteiger partial charge in [-0.05, 0) is 18.1 Å². The highest BCUT2D eigenvalue weighted by Crippen LogP contribution is 2.18. The molecule has 0 amide bonds. The number of halogens is 2. The molecule has 1 atom stereocenters. The van der Waals surface area contributed by atoms with Gasteiger partial charge in [-0.25, -0.2) is 4.39 Å². The number of rotatable bonds is 3. The Morgan fingerprint density at radius 2 is 2.23 bits per heavy atom. The molecule has 0 radical (unpaired) electrons. The first-order chi connectivity index (χ1) is 6.15. The number of nitrogens with two attached hydrogens (primary N) is 1. The van der Waals surface area contributed by atoms with E-state index >= 15 is 0 Å². The Balaban J connectivity index is 2.83. The van der Waals surface area contributed by atoms with E-state index in [0.29, 0.717) is 12.0 Å². The minimum Gasteiger partial charge on any atom is -0.395 e. The van der Waals surface area contributed by atoms with Crippen molar-refractivity contribution in [2.24, 2.45) is 5.73 Å². The lowest BCUT2D eigenvalue weighted by molar-refractivity contribution is 0.264. The summed E-state index contributed by atoms with van der Waals surface area (Å²) < 4.78 is 13.2. The van der Waals surface area contributed by atoms with Gasteiger partial charge in [0.05, 0.1) is 11.6 Å². The van der Waals surface area contributed by atoms with Crippen molar-refractivity contribution in [3.63, 3.8) is 0 Å². The van der Waals surface area contributed by atoms with E-state index in [1.54, 1.807) is 12.1 Å². The summed E-state index contributed by atoms with van der Waals surface area (Å²) in [5.41, 5.74) is 5.90. The van der Waals surface area contributed by atoms with Gasteiger partial charge in [0, 0.05) is 6.04 Å². The van der Waals surface area contributed by atoms with Crippen LogP contribution in [0.2, 0.25) is 5.02 Å². The molecule has 0 saturated carbocycles. The summed E-state index contributed by atoms with van der Waals surface area (Å²) in [6.45, 7) is -0.161. The molecule has 4 heteroatoms. The van der Waals surface area contributed by atoms with Crippen LogP contribution in [0.5, 0.6) is 0 Å². The maximum Gasteiger partial charge on any atom is 0.145 e. The summed E-state index contributed by atoms with van der Waals surface area (Å²) in [6.07, 6.45) is 0.295. The molecule has 0 aliphatic carbocycles. The van der Waals surface area contributed by atoms with Crippen LogP contribution in [0.3, 0.4) is 0 Å². The zero-order valence-electron chi connectivity index (χ0n) is 7.00. The Labute approximate surface area is 81.1 Å². The molecule has 1 aromatic carbocycles. The molecule has 1 unspecified atom stereocenters. The molecule has 0 aliphatic heterocycles. The van der Waals surface area contributed by atoms with Gasteiger partial charge in [-0.2, -0.15) is 0 Å². The Kier molecular flexibility index (Phi) is 3.66. The molecule has 3 N–H and O–H groups in total. The summed E-state index contributed by atoms with van der Waals surface area (Å²) in [5, 5.41) is 8.76. The monoisotopic (exact) mass is 203 g/mol. The van der Waals surface area contributed by atoms with Crippen LogP contribution in [-0.2, 0) is 6.42 Å². The number of aliphatic hydroxyl groups excluding tert-OH is 1. The molecule has 0 aliphatic rings. The molecule has 0 aromatic heterocycles. The van der Waals surface area contributed by atoms with E-state index in [0.717, 1.165) is 0 Å². The molecule has 0 heterocycles. The topological polar surface area (TPSA) is 46.2 Å². The van der Waals surface area contributed by atoms with Crippen molar-refractivity contribution in [3.8, 4) is 0 Å². The fourth-order valence-corrected chi connectivity index (χ4v) is 1.25. The number of hydrogen-bond donors (Lipinski definition) is 2. The molecule has 1 rings (SSSR count). The minimum absolute atomic E-state index is 0.0858. The molecule has 1 aromatic rings. The van der Waals surface area contributed by atoms with E-state index in [-0.39, 0.29) is 11.6 Å². The van der Waals surface area contributed by atoms with Gasteiger partial charge in [0.2, 0.25) is 0 Å². The summed E-state index contributed by atoms with van der Waals surface area (Å²) in [4.78, 5) is 0. The van der Waals surface area contributed by atoms with Crippen LogP contribution in [0.15, 0.2) is 18.2 Å². The fourth-order valence-electron chi connectivity index (χ4n) is 1.05. The van der Waals surface area contributed by atoms with E-state index in [4.69, 9.17) is 22.4 Å². The molecule has 72 valence electrons. The van der Waals surface area contributed by atoms with Gasteiger partial charge in [0.15, 0.2) is 0 Å². The molecular formula is C9H11ClFNO. The predicted molar refractivity (Wildman–Crippen MR) is 50.2 cm³/mol. The van der Waals surface area contributed by atoms with E-state index in [1.807, 2.05) is 0 Å². The summed E-state index contributed by atoms with van der Waals surface area (Å²) >= 11 is 5.56. The first-order valence-electron chi connectivity index (χ1n) is 3.94. The fraction of sp³-hybridized carbons (Fsp3) is 0.333. The van der Waals surface area contributed by atoms with Crippen LogP contribution in [0.4, 0.5) is 4.39 Å². The molecule has 2 nitrogen and oxygen atoms in total. The van der Waals surface area contributed by atoms with Gasteiger partial charge >= 0.3 is 0 Å². The highest BCUT2D eigenvalue weighted by atomic mass is 35.5. The Bertz CT molecular complexity index is 293. The number of aliphatic hydroxyl groups is 1. The van der Waals surface area contributed by atoms with Gasteiger partial charge in [0.25, 0.3) is 0 Å². The maximum absolute atomic E-state index is 13.2. The molecule has 0 fully saturated rings. The van der Waals surface area contributed by atoms with E-state index in [2.05, 4.69) is 0 Å². The van der Waals surface area contributed by atoms with Crippen molar-refractivity contribution in [3.05, 3.63) is 34.6 Å². The highest BCUT2D eigenvalue weighted by Gasteiger charge is 2.09. The van der Waals surface area contributed by atoms with Crippen LogP contribution in [0, 0.1) is 5.82 Å². The zero-order chi connectivity index (χ0) is 9.84. The molecule has 0 spiro atoms. The van der Waals surface area contributed by atoms with Gasteiger partial charge in [-0.1, -0.05) is 23.7 Å². The van der Waals surface area contributed by atoms with Crippen molar-refractivity contribution in [1.29, 1.82) is 0 Å². The third kappa shape index (κ3) is 2.66. The number of benzene rings is 1. The first kappa shape index (κ1) is 10.4. The average Bonchev–Trinajstić information content (AvgIpc) is 2.13. The van der Waals surface area contributed by atoms with Gasteiger partial charge < -0.3 is 10.8 Å². The average molecular weight is 204 g/mol. The maximum atomic E-state index is 13.2. The SMILES string of the molecule is NC(CO)Cc1cccc(Cl)c1F. The van der Waals surface area contributed by atoms with Crippen molar-refractivity contribution in [1.82, 2.24) is 0 Å². The predicted octanol–water partition coefficient (Wildman–Crippen LogP) is 1.34. The van der Waals surface area contributed by atoms with Crippen molar-refractivity contribution in [2.75, 3.05) is 6.61 Å². The van der Waals surface area contributed by atoms with E-state index in [9.17, 15) is 4.39 Å².